The van der Waals surface area contributed by atoms with Gasteiger partial charge in [0.05, 0.1) is 11.3 Å². The number of nitrogens with one attached hydrogen (secondary N) is 1. The van der Waals surface area contributed by atoms with Crippen LogP contribution in [0.25, 0.3) is 33.4 Å². The number of hydrogen-bond acceptors (Lipinski definition) is 4. The maximum Gasteiger partial charge on any atom is 0.257 e. The lowest BCUT2D eigenvalue weighted by Gasteiger charge is -2.07. The number of fused-ring (bicyclic) bond motifs is 1. The Morgan fingerprint density at radius 1 is 1.17 bits per heavy atom. The van der Waals surface area contributed by atoms with Crippen LogP contribution in [0.3, 0.4) is 0 Å². The van der Waals surface area contributed by atoms with E-state index in [2.05, 4.69) is 20.1 Å². The Hall–Kier alpha value is -3.28. The average Bonchev–Trinajstić information content (AvgIpc) is 2.90. The van der Waals surface area contributed by atoms with Gasteiger partial charge in [-0.1, -0.05) is 6.07 Å². The first-order valence-corrected chi connectivity index (χ1v) is 7.58. The van der Waals surface area contributed by atoms with Crippen molar-refractivity contribution in [3.63, 3.8) is 0 Å². The summed E-state index contributed by atoms with van der Waals surface area (Å²) in [6, 6.07) is 9.36. The monoisotopic (exact) mass is 317 g/mol. The topological polar surface area (TPSA) is 76.5 Å². The molecule has 0 aromatic carbocycles. The van der Waals surface area contributed by atoms with Gasteiger partial charge in [0.1, 0.15) is 0 Å². The Morgan fingerprint density at radius 3 is 2.79 bits per heavy atom. The zero-order valence-corrected chi connectivity index (χ0v) is 13.3. The Kier molecular flexibility index (Phi) is 3.23. The summed E-state index contributed by atoms with van der Waals surface area (Å²) in [4.78, 5) is 23.6. The molecule has 118 valence electrons. The number of nitrogens with zero attached hydrogens (tertiary/aromatic N) is 4. The third-order valence-corrected chi connectivity index (χ3v) is 4.16. The van der Waals surface area contributed by atoms with Gasteiger partial charge in [-0.05, 0) is 36.8 Å². The molecule has 0 atom stereocenters. The number of pyridine rings is 3. The van der Waals surface area contributed by atoms with Crippen molar-refractivity contribution in [1.82, 2.24) is 24.7 Å². The van der Waals surface area contributed by atoms with E-state index in [0.717, 1.165) is 22.2 Å². The fraction of sp³-hybridized carbons (Fsp3) is 0.111. The van der Waals surface area contributed by atoms with E-state index in [9.17, 15) is 4.79 Å². The SMILES string of the molecule is Cc1c2c(-c3cccnc3)cc(-c3ccc[nH]c3=O)nc2nn1C. The summed E-state index contributed by atoms with van der Waals surface area (Å²) in [7, 11) is 1.89. The van der Waals surface area contributed by atoms with Crippen molar-refractivity contribution in [2.75, 3.05) is 0 Å². The zero-order valence-electron chi connectivity index (χ0n) is 13.3. The maximum atomic E-state index is 12.1. The van der Waals surface area contributed by atoms with Crippen LogP contribution in [0.15, 0.2) is 53.7 Å². The first kappa shape index (κ1) is 14.3. The molecule has 4 aromatic heterocycles. The van der Waals surface area contributed by atoms with Gasteiger partial charge in [-0.2, -0.15) is 5.10 Å². The standard InChI is InChI=1S/C18H15N5O/c1-11-16-14(12-5-3-7-19-10-12)9-15(21-17(16)22-23(11)2)13-6-4-8-20-18(13)24/h3-10H,1-2H3,(H,20,24). The lowest BCUT2D eigenvalue weighted by molar-refractivity contribution is 0.748. The molecule has 24 heavy (non-hydrogen) atoms. The second kappa shape index (κ2) is 5.42. The van der Waals surface area contributed by atoms with Crippen molar-refractivity contribution in [2.45, 2.75) is 6.92 Å². The average molecular weight is 317 g/mol. The smallest absolute Gasteiger partial charge is 0.257 e. The molecule has 0 radical (unpaired) electrons. The van der Waals surface area contributed by atoms with E-state index in [0.29, 0.717) is 16.9 Å². The molecular formula is C18H15N5O. The minimum Gasteiger partial charge on any atom is -0.329 e. The van der Waals surface area contributed by atoms with Gasteiger partial charge < -0.3 is 4.98 Å². The van der Waals surface area contributed by atoms with Crippen molar-refractivity contribution < 1.29 is 0 Å². The fourth-order valence-corrected chi connectivity index (χ4v) is 2.85. The molecule has 4 rings (SSSR count). The summed E-state index contributed by atoms with van der Waals surface area (Å²) in [6.45, 7) is 2.01. The van der Waals surface area contributed by atoms with Gasteiger partial charge >= 0.3 is 0 Å². The fourth-order valence-electron chi connectivity index (χ4n) is 2.85. The summed E-state index contributed by atoms with van der Waals surface area (Å²) < 4.78 is 1.80. The van der Waals surface area contributed by atoms with Crippen LogP contribution in [0.4, 0.5) is 0 Å². The molecule has 4 heterocycles. The number of aromatic amines is 1. The second-order valence-electron chi connectivity index (χ2n) is 5.62. The van der Waals surface area contributed by atoms with Crippen LogP contribution >= 0.6 is 0 Å². The van der Waals surface area contributed by atoms with E-state index in [1.165, 1.54) is 0 Å². The van der Waals surface area contributed by atoms with Crippen LogP contribution in [0.1, 0.15) is 5.69 Å². The summed E-state index contributed by atoms with van der Waals surface area (Å²) in [6.07, 6.45) is 5.15. The molecule has 0 fully saturated rings. The summed E-state index contributed by atoms with van der Waals surface area (Å²) in [5, 5.41) is 5.46. The molecule has 0 bridgehead atoms. The molecule has 0 unspecified atom stereocenters. The molecule has 0 saturated heterocycles. The zero-order chi connectivity index (χ0) is 16.7. The highest BCUT2D eigenvalue weighted by Crippen LogP contribution is 2.32. The summed E-state index contributed by atoms with van der Waals surface area (Å²) in [5.74, 6) is 0. The van der Waals surface area contributed by atoms with Crippen molar-refractivity contribution in [1.29, 1.82) is 0 Å². The van der Waals surface area contributed by atoms with Crippen molar-refractivity contribution >= 4 is 11.0 Å². The molecule has 0 aliphatic carbocycles. The Labute approximate surface area is 137 Å². The molecule has 0 amide bonds. The quantitative estimate of drug-likeness (QED) is 0.616. The Bertz CT molecular complexity index is 1100. The van der Waals surface area contributed by atoms with Gasteiger partial charge in [0.15, 0.2) is 5.65 Å². The van der Waals surface area contributed by atoms with Crippen LogP contribution in [-0.4, -0.2) is 24.7 Å². The van der Waals surface area contributed by atoms with E-state index in [1.54, 1.807) is 35.4 Å². The Balaban J connectivity index is 2.09. The number of H-pyrrole nitrogens is 1. The molecule has 0 aliphatic rings. The van der Waals surface area contributed by atoms with Crippen molar-refractivity contribution in [2.24, 2.45) is 7.05 Å². The van der Waals surface area contributed by atoms with Gasteiger partial charge in [-0.15, -0.1) is 0 Å². The lowest BCUT2D eigenvalue weighted by Crippen LogP contribution is -2.08. The van der Waals surface area contributed by atoms with E-state index in [4.69, 9.17) is 0 Å². The molecule has 4 aromatic rings. The normalized spacial score (nSPS) is 11.1. The van der Waals surface area contributed by atoms with Gasteiger partial charge in [0.2, 0.25) is 0 Å². The molecular weight excluding hydrogens is 302 g/mol. The van der Waals surface area contributed by atoms with E-state index in [-0.39, 0.29) is 5.56 Å². The first-order valence-electron chi connectivity index (χ1n) is 7.58. The van der Waals surface area contributed by atoms with Crippen LogP contribution in [-0.2, 0) is 7.05 Å². The van der Waals surface area contributed by atoms with Gasteiger partial charge in [-0.3, -0.25) is 14.5 Å². The predicted octanol–water partition coefficient (Wildman–Crippen LogP) is 2.69. The molecule has 1 N–H and O–H groups in total. The van der Waals surface area contributed by atoms with Crippen LogP contribution < -0.4 is 5.56 Å². The van der Waals surface area contributed by atoms with Gasteiger partial charge in [-0.25, -0.2) is 4.98 Å². The van der Waals surface area contributed by atoms with Gasteiger partial charge in [0, 0.05) is 42.3 Å². The minimum atomic E-state index is -0.172. The van der Waals surface area contributed by atoms with E-state index in [1.807, 2.05) is 32.2 Å². The molecule has 0 spiro atoms. The number of rotatable bonds is 2. The van der Waals surface area contributed by atoms with Crippen LogP contribution in [0.5, 0.6) is 0 Å². The second-order valence-corrected chi connectivity index (χ2v) is 5.62. The van der Waals surface area contributed by atoms with Gasteiger partial charge in [0.25, 0.3) is 5.56 Å². The van der Waals surface area contributed by atoms with Crippen LogP contribution in [0, 0.1) is 6.92 Å². The molecule has 6 heteroatoms. The number of aryl methyl sites for hydroxylation is 2. The highest BCUT2D eigenvalue weighted by Gasteiger charge is 2.16. The summed E-state index contributed by atoms with van der Waals surface area (Å²) in [5.41, 5.74) is 4.52. The third kappa shape index (κ3) is 2.20. The molecule has 6 nitrogen and oxygen atoms in total. The van der Waals surface area contributed by atoms with Crippen molar-refractivity contribution in [3.8, 4) is 22.4 Å². The first-order chi connectivity index (χ1) is 11.6. The largest absolute Gasteiger partial charge is 0.329 e. The number of aromatic nitrogens is 5. The lowest BCUT2D eigenvalue weighted by atomic mass is 10.0. The van der Waals surface area contributed by atoms with Crippen molar-refractivity contribution in [3.05, 3.63) is 65.0 Å². The van der Waals surface area contributed by atoms with E-state index >= 15 is 0 Å². The number of hydrogen-bond donors (Lipinski definition) is 1. The highest BCUT2D eigenvalue weighted by molar-refractivity contribution is 5.96. The third-order valence-electron chi connectivity index (χ3n) is 4.16. The predicted molar refractivity (Wildman–Crippen MR) is 92.5 cm³/mol. The summed E-state index contributed by atoms with van der Waals surface area (Å²) >= 11 is 0. The highest BCUT2D eigenvalue weighted by atomic mass is 16.1. The minimum absolute atomic E-state index is 0.172. The van der Waals surface area contributed by atoms with Crippen LogP contribution in [0.2, 0.25) is 0 Å². The molecule has 0 aliphatic heterocycles. The maximum absolute atomic E-state index is 12.1. The Morgan fingerprint density at radius 2 is 2.04 bits per heavy atom. The van der Waals surface area contributed by atoms with E-state index < -0.39 is 0 Å². The molecule has 0 saturated carbocycles.